The van der Waals surface area contributed by atoms with Gasteiger partial charge in [0.1, 0.15) is 5.78 Å². The maximum atomic E-state index is 12.0. The lowest BCUT2D eigenvalue weighted by atomic mass is 9.74. The Kier molecular flexibility index (Phi) is 4.30. The lowest BCUT2D eigenvalue weighted by Crippen LogP contribution is -2.32. The highest BCUT2D eigenvalue weighted by atomic mass is 16.5. The number of rotatable bonds is 3. The van der Waals surface area contributed by atoms with E-state index < -0.39 is 5.41 Å². The van der Waals surface area contributed by atoms with Crippen molar-refractivity contribution in [2.24, 2.45) is 5.41 Å². The molecule has 1 unspecified atom stereocenters. The first-order valence-corrected chi connectivity index (χ1v) is 5.75. The molecule has 0 saturated heterocycles. The van der Waals surface area contributed by atoms with Crippen LogP contribution in [-0.4, -0.2) is 18.9 Å². The summed E-state index contributed by atoms with van der Waals surface area (Å²) in [5.41, 5.74) is -0.427. The summed E-state index contributed by atoms with van der Waals surface area (Å²) >= 11 is 0. The molecule has 3 heteroatoms. The number of carbonyl (C=O) groups is 2. The average molecular weight is 212 g/mol. The number of carbonyl (C=O) groups excluding carboxylic acids is 2. The molecule has 0 radical (unpaired) electrons. The van der Waals surface area contributed by atoms with Gasteiger partial charge in [0.05, 0.1) is 13.5 Å². The molecule has 3 nitrogen and oxygen atoms in total. The molecule has 0 spiro atoms. The van der Waals surface area contributed by atoms with E-state index in [1.165, 1.54) is 7.11 Å². The highest BCUT2D eigenvalue weighted by Crippen LogP contribution is 2.38. The van der Waals surface area contributed by atoms with Crippen LogP contribution < -0.4 is 0 Å². The average Bonchev–Trinajstić information content (AvgIpc) is 2.42. The Morgan fingerprint density at radius 3 is 2.73 bits per heavy atom. The lowest BCUT2D eigenvalue weighted by Gasteiger charge is -2.28. The van der Waals surface area contributed by atoms with Crippen LogP contribution in [0.4, 0.5) is 0 Å². The van der Waals surface area contributed by atoms with Gasteiger partial charge in [-0.15, -0.1) is 0 Å². The fourth-order valence-electron chi connectivity index (χ4n) is 2.36. The molecule has 1 rings (SSSR count). The van der Waals surface area contributed by atoms with Crippen LogP contribution >= 0.6 is 0 Å². The minimum absolute atomic E-state index is 0.257. The summed E-state index contributed by atoms with van der Waals surface area (Å²) in [5.74, 6) is 0.000000000000000222. The molecular weight excluding hydrogens is 192 g/mol. The van der Waals surface area contributed by atoms with Gasteiger partial charge in [0, 0.05) is 11.8 Å². The maximum absolute atomic E-state index is 12.0. The lowest BCUT2D eigenvalue weighted by molar-refractivity contribution is -0.147. The number of hydrogen-bond acceptors (Lipinski definition) is 3. The number of ether oxygens (including phenoxy) is 1. The third-order valence-corrected chi connectivity index (χ3v) is 3.54. The summed E-state index contributed by atoms with van der Waals surface area (Å²) in [7, 11) is 1.38. The number of hydrogen-bond donors (Lipinski definition) is 0. The Balaban J connectivity index is 2.78. The molecule has 1 saturated carbocycles. The van der Waals surface area contributed by atoms with Gasteiger partial charge in [-0.3, -0.25) is 9.59 Å². The molecule has 1 aliphatic carbocycles. The van der Waals surface area contributed by atoms with Crippen LogP contribution in [0.3, 0.4) is 0 Å². The summed E-state index contributed by atoms with van der Waals surface area (Å²) in [6.45, 7) is 1.99. The van der Waals surface area contributed by atoms with Crippen molar-refractivity contribution < 1.29 is 14.3 Å². The zero-order valence-electron chi connectivity index (χ0n) is 9.67. The van der Waals surface area contributed by atoms with Crippen molar-refractivity contribution in [3.8, 4) is 0 Å². The van der Waals surface area contributed by atoms with Crippen LogP contribution in [0.25, 0.3) is 0 Å². The van der Waals surface area contributed by atoms with Crippen molar-refractivity contribution in [2.75, 3.05) is 7.11 Å². The molecule has 15 heavy (non-hydrogen) atoms. The molecule has 1 fully saturated rings. The van der Waals surface area contributed by atoms with Crippen LogP contribution in [0.15, 0.2) is 0 Å². The Hall–Kier alpha value is -0.860. The first-order chi connectivity index (χ1) is 7.14. The van der Waals surface area contributed by atoms with E-state index in [0.717, 1.165) is 32.1 Å². The van der Waals surface area contributed by atoms with E-state index in [0.29, 0.717) is 6.42 Å². The zero-order chi connectivity index (χ0) is 11.3. The van der Waals surface area contributed by atoms with Crippen LogP contribution in [0, 0.1) is 5.41 Å². The van der Waals surface area contributed by atoms with Crippen LogP contribution in [0.1, 0.15) is 51.9 Å². The molecule has 1 aliphatic rings. The standard InChI is InChI=1S/C12H20O3/c1-3-12(9-11(14)15-2)8-6-4-5-7-10(12)13/h3-9H2,1-2H3. The smallest absolute Gasteiger partial charge is 0.306 e. The highest BCUT2D eigenvalue weighted by molar-refractivity contribution is 5.89. The van der Waals surface area contributed by atoms with Crippen molar-refractivity contribution in [1.82, 2.24) is 0 Å². The summed E-state index contributed by atoms with van der Waals surface area (Å²) in [5, 5.41) is 0. The first kappa shape index (κ1) is 12.2. The molecule has 0 heterocycles. The van der Waals surface area contributed by atoms with Crippen molar-refractivity contribution in [1.29, 1.82) is 0 Å². The Bertz CT molecular complexity index is 247. The second-order valence-corrected chi connectivity index (χ2v) is 4.37. The quantitative estimate of drug-likeness (QED) is 0.533. The Morgan fingerprint density at radius 2 is 2.13 bits per heavy atom. The van der Waals surface area contributed by atoms with Crippen molar-refractivity contribution in [3.63, 3.8) is 0 Å². The summed E-state index contributed by atoms with van der Waals surface area (Å²) < 4.78 is 4.68. The Morgan fingerprint density at radius 1 is 1.40 bits per heavy atom. The molecule has 0 N–H and O–H groups in total. The maximum Gasteiger partial charge on any atom is 0.306 e. The van der Waals surface area contributed by atoms with Gasteiger partial charge >= 0.3 is 5.97 Å². The number of Topliss-reactive ketones (excluding diaryl/α,β-unsaturated/α-hetero) is 1. The first-order valence-electron chi connectivity index (χ1n) is 5.75. The van der Waals surface area contributed by atoms with Gasteiger partial charge in [0.25, 0.3) is 0 Å². The summed E-state index contributed by atoms with van der Waals surface area (Å²) in [6, 6.07) is 0. The molecular formula is C12H20O3. The molecule has 0 aromatic rings. The van der Waals surface area contributed by atoms with E-state index in [2.05, 4.69) is 4.74 Å². The van der Waals surface area contributed by atoms with E-state index in [1.54, 1.807) is 0 Å². The number of ketones is 1. The minimum Gasteiger partial charge on any atom is -0.469 e. The van der Waals surface area contributed by atoms with E-state index in [4.69, 9.17) is 0 Å². The van der Waals surface area contributed by atoms with Crippen LogP contribution in [-0.2, 0) is 14.3 Å². The zero-order valence-corrected chi connectivity index (χ0v) is 9.67. The van der Waals surface area contributed by atoms with Crippen molar-refractivity contribution in [2.45, 2.75) is 51.9 Å². The second-order valence-electron chi connectivity index (χ2n) is 4.37. The van der Waals surface area contributed by atoms with Gasteiger partial charge in [0.15, 0.2) is 0 Å². The van der Waals surface area contributed by atoms with E-state index in [-0.39, 0.29) is 18.2 Å². The number of esters is 1. The molecule has 0 bridgehead atoms. The Labute approximate surface area is 91.2 Å². The minimum atomic E-state index is -0.427. The monoisotopic (exact) mass is 212 g/mol. The fraction of sp³-hybridized carbons (Fsp3) is 0.833. The molecule has 86 valence electrons. The van der Waals surface area contributed by atoms with Gasteiger partial charge in [-0.1, -0.05) is 19.8 Å². The van der Waals surface area contributed by atoms with E-state index in [9.17, 15) is 9.59 Å². The molecule has 0 aromatic heterocycles. The predicted octanol–water partition coefficient (Wildman–Crippen LogP) is 2.48. The van der Waals surface area contributed by atoms with Crippen molar-refractivity contribution in [3.05, 3.63) is 0 Å². The highest BCUT2D eigenvalue weighted by Gasteiger charge is 2.38. The van der Waals surface area contributed by atoms with Gasteiger partial charge < -0.3 is 4.74 Å². The van der Waals surface area contributed by atoms with Gasteiger partial charge in [-0.2, -0.15) is 0 Å². The predicted molar refractivity (Wildman–Crippen MR) is 57.4 cm³/mol. The van der Waals surface area contributed by atoms with Crippen LogP contribution in [0.2, 0.25) is 0 Å². The normalized spacial score (nSPS) is 27.2. The number of methoxy groups -OCH3 is 1. The molecule has 0 amide bonds. The second kappa shape index (κ2) is 5.29. The molecule has 0 aliphatic heterocycles. The molecule has 0 aromatic carbocycles. The third-order valence-electron chi connectivity index (χ3n) is 3.54. The topological polar surface area (TPSA) is 43.4 Å². The van der Waals surface area contributed by atoms with Gasteiger partial charge in [-0.05, 0) is 19.3 Å². The third kappa shape index (κ3) is 2.80. The fourth-order valence-corrected chi connectivity index (χ4v) is 2.36. The SMILES string of the molecule is CCC1(CC(=O)OC)CCCCCC1=O. The van der Waals surface area contributed by atoms with E-state index in [1.807, 2.05) is 6.92 Å². The van der Waals surface area contributed by atoms with E-state index >= 15 is 0 Å². The summed E-state index contributed by atoms with van der Waals surface area (Å²) in [4.78, 5) is 23.3. The van der Waals surface area contributed by atoms with Gasteiger partial charge in [0.2, 0.25) is 0 Å². The van der Waals surface area contributed by atoms with Crippen molar-refractivity contribution >= 4 is 11.8 Å². The molecule has 1 atom stereocenters. The summed E-state index contributed by atoms with van der Waals surface area (Å²) in [6.07, 6.45) is 5.62. The van der Waals surface area contributed by atoms with Gasteiger partial charge in [-0.25, -0.2) is 0 Å². The van der Waals surface area contributed by atoms with Crippen LogP contribution in [0.5, 0.6) is 0 Å². The largest absolute Gasteiger partial charge is 0.469 e.